The van der Waals surface area contributed by atoms with Gasteiger partial charge in [0.05, 0.1) is 5.69 Å². The summed E-state index contributed by atoms with van der Waals surface area (Å²) >= 11 is 0. The van der Waals surface area contributed by atoms with E-state index in [-0.39, 0.29) is 0 Å². The number of rotatable bonds is 4. The van der Waals surface area contributed by atoms with E-state index in [1.54, 1.807) is 0 Å². The molecule has 114 valence electrons. The van der Waals surface area contributed by atoms with Crippen LogP contribution in [-0.4, -0.2) is 40.9 Å². The van der Waals surface area contributed by atoms with E-state index in [1.807, 2.05) is 0 Å². The van der Waals surface area contributed by atoms with Crippen LogP contribution in [0.15, 0.2) is 0 Å². The molecule has 0 aromatic carbocycles. The summed E-state index contributed by atoms with van der Waals surface area (Å²) in [7, 11) is 2.22. The maximum Gasteiger partial charge on any atom is 0.0644 e. The Bertz CT molecular complexity index is 452. The molecule has 0 spiro atoms. The Hall–Kier alpha value is -0.870. The summed E-state index contributed by atoms with van der Waals surface area (Å²) < 4.78 is 2.11. The summed E-state index contributed by atoms with van der Waals surface area (Å²) in [4.78, 5) is 2.43. The molecule has 1 aliphatic rings. The van der Waals surface area contributed by atoms with Gasteiger partial charge in [-0.15, -0.1) is 0 Å². The van der Waals surface area contributed by atoms with Crippen molar-refractivity contribution in [1.29, 1.82) is 0 Å². The highest BCUT2D eigenvalue weighted by Crippen LogP contribution is 2.24. The lowest BCUT2D eigenvalue weighted by molar-refractivity contribution is 0.167. The van der Waals surface area contributed by atoms with Gasteiger partial charge in [0.15, 0.2) is 0 Å². The minimum Gasteiger partial charge on any atom is -0.307 e. The number of nitrogens with one attached hydrogen (secondary N) is 1. The van der Waals surface area contributed by atoms with E-state index >= 15 is 0 Å². The minimum atomic E-state index is 0.381. The predicted octanol–water partition coefficient (Wildman–Crippen LogP) is 2.51. The molecular formula is C16H30N4. The molecule has 0 radical (unpaired) electrons. The van der Waals surface area contributed by atoms with Gasteiger partial charge in [-0.25, -0.2) is 0 Å². The third-order valence-corrected chi connectivity index (χ3v) is 4.74. The molecule has 3 unspecified atom stereocenters. The minimum absolute atomic E-state index is 0.381. The molecule has 1 aliphatic heterocycles. The van der Waals surface area contributed by atoms with Crippen molar-refractivity contribution < 1.29 is 0 Å². The van der Waals surface area contributed by atoms with Crippen LogP contribution in [0.2, 0.25) is 0 Å². The zero-order valence-electron chi connectivity index (χ0n) is 13.9. The molecule has 0 amide bonds. The van der Waals surface area contributed by atoms with Crippen LogP contribution in [-0.2, 0) is 6.54 Å². The quantitative estimate of drug-likeness (QED) is 0.918. The van der Waals surface area contributed by atoms with Crippen molar-refractivity contribution in [2.24, 2.45) is 5.92 Å². The fraction of sp³-hybridized carbons (Fsp3) is 0.812. The zero-order chi connectivity index (χ0) is 14.9. The fourth-order valence-electron chi connectivity index (χ4n) is 3.65. The highest BCUT2D eigenvalue weighted by Gasteiger charge is 2.27. The first-order chi connectivity index (χ1) is 9.43. The van der Waals surface area contributed by atoms with Crippen LogP contribution in [0.3, 0.4) is 0 Å². The molecule has 1 aromatic heterocycles. The van der Waals surface area contributed by atoms with Crippen LogP contribution in [0.25, 0.3) is 0 Å². The second kappa shape index (κ2) is 6.27. The van der Waals surface area contributed by atoms with Crippen molar-refractivity contribution in [3.05, 3.63) is 17.0 Å². The number of likely N-dealkylation sites (tertiary alicyclic amines) is 1. The molecule has 4 nitrogen and oxygen atoms in total. The first-order valence-electron chi connectivity index (χ1n) is 7.92. The van der Waals surface area contributed by atoms with Gasteiger partial charge in [-0.05, 0) is 53.6 Å². The predicted molar refractivity (Wildman–Crippen MR) is 84.0 cm³/mol. The Morgan fingerprint density at radius 1 is 1.40 bits per heavy atom. The van der Waals surface area contributed by atoms with Gasteiger partial charge < -0.3 is 10.2 Å². The van der Waals surface area contributed by atoms with Crippen molar-refractivity contribution >= 4 is 0 Å². The molecule has 1 aromatic rings. The summed E-state index contributed by atoms with van der Waals surface area (Å²) in [5, 5.41) is 8.49. The standard InChI is InChI=1S/C16H30N4/c1-7-20-14(5)16(13(4)18-20)12(3)17-15-8-9-19(6)10-11(15)2/h11-12,15,17H,7-10H2,1-6H3. The molecule has 0 bridgehead atoms. The van der Waals surface area contributed by atoms with Crippen molar-refractivity contribution in [2.45, 2.75) is 59.7 Å². The highest BCUT2D eigenvalue weighted by atomic mass is 15.3. The Kier molecular flexibility index (Phi) is 4.86. The molecule has 20 heavy (non-hydrogen) atoms. The lowest BCUT2D eigenvalue weighted by Crippen LogP contribution is -2.47. The van der Waals surface area contributed by atoms with E-state index in [1.165, 1.54) is 36.5 Å². The number of hydrogen-bond acceptors (Lipinski definition) is 3. The summed E-state index contributed by atoms with van der Waals surface area (Å²) in [5.74, 6) is 0.707. The van der Waals surface area contributed by atoms with Crippen LogP contribution in [0, 0.1) is 19.8 Å². The Labute approximate surface area is 123 Å². The van der Waals surface area contributed by atoms with Gasteiger partial charge in [0.2, 0.25) is 0 Å². The lowest BCUT2D eigenvalue weighted by Gasteiger charge is -2.37. The molecule has 1 saturated heterocycles. The molecule has 2 rings (SSSR count). The zero-order valence-corrected chi connectivity index (χ0v) is 13.9. The number of aromatic nitrogens is 2. The summed E-state index contributed by atoms with van der Waals surface area (Å²) in [6.45, 7) is 14.4. The fourth-order valence-corrected chi connectivity index (χ4v) is 3.65. The molecule has 2 heterocycles. The van der Waals surface area contributed by atoms with E-state index < -0.39 is 0 Å². The first-order valence-corrected chi connectivity index (χ1v) is 7.92. The smallest absolute Gasteiger partial charge is 0.0644 e. The first kappa shape index (κ1) is 15.5. The van der Waals surface area contributed by atoms with E-state index in [2.05, 4.69) is 61.7 Å². The molecule has 0 saturated carbocycles. The average molecular weight is 278 g/mol. The normalized spacial score (nSPS) is 25.9. The Morgan fingerprint density at radius 3 is 2.65 bits per heavy atom. The van der Waals surface area contributed by atoms with Crippen molar-refractivity contribution in [1.82, 2.24) is 20.0 Å². The number of piperidine rings is 1. The maximum atomic E-state index is 4.64. The van der Waals surface area contributed by atoms with Gasteiger partial charge in [0.25, 0.3) is 0 Å². The average Bonchev–Trinajstić information content (AvgIpc) is 2.67. The van der Waals surface area contributed by atoms with Gasteiger partial charge >= 0.3 is 0 Å². The van der Waals surface area contributed by atoms with Gasteiger partial charge in [-0.1, -0.05) is 6.92 Å². The monoisotopic (exact) mass is 278 g/mol. The van der Waals surface area contributed by atoms with Crippen molar-refractivity contribution in [3.8, 4) is 0 Å². The van der Waals surface area contributed by atoms with Crippen LogP contribution >= 0.6 is 0 Å². The van der Waals surface area contributed by atoms with E-state index in [9.17, 15) is 0 Å². The Balaban J connectivity index is 2.08. The third-order valence-electron chi connectivity index (χ3n) is 4.74. The van der Waals surface area contributed by atoms with Gasteiger partial charge in [-0.2, -0.15) is 5.10 Å². The summed E-state index contributed by atoms with van der Waals surface area (Å²) in [6, 6.07) is 0.996. The van der Waals surface area contributed by atoms with Gasteiger partial charge in [-0.3, -0.25) is 4.68 Å². The second-order valence-electron chi connectivity index (χ2n) is 6.42. The van der Waals surface area contributed by atoms with Crippen LogP contribution in [0.5, 0.6) is 0 Å². The van der Waals surface area contributed by atoms with E-state index in [0.29, 0.717) is 18.0 Å². The van der Waals surface area contributed by atoms with Crippen LogP contribution in [0.1, 0.15) is 50.2 Å². The van der Waals surface area contributed by atoms with E-state index in [4.69, 9.17) is 0 Å². The summed E-state index contributed by atoms with van der Waals surface area (Å²) in [5.41, 5.74) is 3.87. The lowest BCUT2D eigenvalue weighted by atomic mass is 9.92. The second-order valence-corrected chi connectivity index (χ2v) is 6.42. The summed E-state index contributed by atoms with van der Waals surface area (Å²) in [6.07, 6.45) is 1.24. The van der Waals surface area contributed by atoms with Crippen LogP contribution < -0.4 is 5.32 Å². The van der Waals surface area contributed by atoms with Crippen molar-refractivity contribution in [2.75, 3.05) is 20.1 Å². The highest BCUT2D eigenvalue weighted by molar-refractivity contribution is 5.28. The molecule has 4 heteroatoms. The van der Waals surface area contributed by atoms with Crippen molar-refractivity contribution in [3.63, 3.8) is 0 Å². The number of hydrogen-bond donors (Lipinski definition) is 1. The number of aryl methyl sites for hydroxylation is 2. The molecule has 1 N–H and O–H groups in total. The largest absolute Gasteiger partial charge is 0.307 e. The topological polar surface area (TPSA) is 33.1 Å². The van der Waals surface area contributed by atoms with Gasteiger partial charge in [0.1, 0.15) is 0 Å². The molecular weight excluding hydrogens is 248 g/mol. The Morgan fingerprint density at radius 2 is 2.10 bits per heavy atom. The molecule has 0 aliphatic carbocycles. The van der Waals surface area contributed by atoms with E-state index in [0.717, 1.165) is 6.54 Å². The molecule has 1 fully saturated rings. The molecule has 3 atom stereocenters. The maximum absolute atomic E-state index is 4.64. The van der Waals surface area contributed by atoms with Crippen LogP contribution in [0.4, 0.5) is 0 Å². The van der Waals surface area contributed by atoms with Gasteiger partial charge in [0, 0.05) is 36.4 Å². The SMILES string of the molecule is CCn1nc(C)c(C(C)NC2CCN(C)CC2C)c1C. The number of nitrogens with zero attached hydrogens (tertiary/aromatic N) is 3. The third kappa shape index (κ3) is 3.07.